The second kappa shape index (κ2) is 6.07. The van der Waals surface area contributed by atoms with Gasteiger partial charge in [-0.25, -0.2) is 0 Å². The fourth-order valence-corrected chi connectivity index (χ4v) is 2.65. The monoisotopic (exact) mass is 316 g/mol. The van der Waals surface area contributed by atoms with Gasteiger partial charge in [0.1, 0.15) is 0 Å². The molecular weight excluding hydrogens is 300 g/mol. The van der Waals surface area contributed by atoms with Gasteiger partial charge in [0.05, 0.1) is 17.7 Å². The number of nitrogens with one attached hydrogen (secondary N) is 1. The van der Waals surface area contributed by atoms with Gasteiger partial charge in [0, 0.05) is 42.4 Å². The second-order valence-electron chi connectivity index (χ2n) is 5.22. The average molecular weight is 316 g/mol. The molecule has 1 N–H and O–H groups in total. The van der Waals surface area contributed by atoms with Crippen molar-refractivity contribution in [2.24, 2.45) is 0 Å². The highest BCUT2D eigenvalue weighted by atomic mass is 16.6. The van der Waals surface area contributed by atoms with Crippen molar-refractivity contribution < 1.29 is 14.5 Å². The summed E-state index contributed by atoms with van der Waals surface area (Å²) in [5.74, 6) is -0.0622. The Bertz CT molecular complexity index is 756. The molecule has 0 spiro atoms. The van der Waals surface area contributed by atoms with E-state index >= 15 is 0 Å². The third-order valence-corrected chi connectivity index (χ3v) is 3.79. The van der Waals surface area contributed by atoms with Crippen LogP contribution in [0.15, 0.2) is 24.4 Å². The van der Waals surface area contributed by atoms with Gasteiger partial charge in [0.25, 0.3) is 5.91 Å². The van der Waals surface area contributed by atoms with Crippen LogP contribution in [0.3, 0.4) is 0 Å². The number of carbonyl (C=O) groups is 1. The van der Waals surface area contributed by atoms with Crippen LogP contribution in [-0.2, 0) is 13.0 Å². The van der Waals surface area contributed by atoms with Crippen LogP contribution >= 0.6 is 0 Å². The zero-order chi connectivity index (χ0) is 16.4. The first-order valence-electron chi connectivity index (χ1n) is 7.31. The van der Waals surface area contributed by atoms with E-state index < -0.39 is 4.92 Å². The number of ether oxygens (including phenoxy) is 1. The van der Waals surface area contributed by atoms with Crippen LogP contribution < -0.4 is 4.74 Å². The number of rotatable bonds is 4. The number of nitrogens with zero attached hydrogens (tertiary/aromatic N) is 3. The summed E-state index contributed by atoms with van der Waals surface area (Å²) in [5, 5.41) is 18.0. The Labute approximate surface area is 132 Å². The second-order valence-corrected chi connectivity index (χ2v) is 5.22. The zero-order valence-corrected chi connectivity index (χ0v) is 12.6. The molecule has 8 heteroatoms. The zero-order valence-electron chi connectivity index (χ0n) is 12.6. The number of nitro benzene ring substituents is 1. The van der Waals surface area contributed by atoms with Gasteiger partial charge >= 0.3 is 5.69 Å². The van der Waals surface area contributed by atoms with E-state index in [1.54, 1.807) is 24.1 Å². The molecule has 0 saturated carbocycles. The molecule has 1 aromatic carbocycles. The molecular formula is C15H16N4O4. The Hall–Kier alpha value is -2.90. The minimum absolute atomic E-state index is 0.171. The number of aromatic amines is 1. The first-order valence-corrected chi connectivity index (χ1v) is 7.31. The van der Waals surface area contributed by atoms with Crippen LogP contribution in [0.2, 0.25) is 0 Å². The highest BCUT2D eigenvalue weighted by Crippen LogP contribution is 2.29. The van der Waals surface area contributed by atoms with Crippen molar-refractivity contribution in [3.05, 3.63) is 51.3 Å². The summed E-state index contributed by atoms with van der Waals surface area (Å²) < 4.78 is 5.24. The first kappa shape index (κ1) is 15.0. The molecule has 23 heavy (non-hydrogen) atoms. The molecule has 2 heterocycles. The Balaban J connectivity index is 1.85. The molecule has 0 atom stereocenters. The molecule has 3 rings (SSSR count). The molecule has 0 saturated heterocycles. The quantitative estimate of drug-likeness (QED) is 0.686. The minimum Gasteiger partial charge on any atom is -0.487 e. The highest BCUT2D eigenvalue weighted by Gasteiger charge is 2.25. The van der Waals surface area contributed by atoms with Gasteiger partial charge in [-0.3, -0.25) is 20.0 Å². The van der Waals surface area contributed by atoms with E-state index in [1.807, 2.05) is 0 Å². The Morgan fingerprint density at radius 2 is 2.35 bits per heavy atom. The van der Waals surface area contributed by atoms with Crippen LogP contribution in [0.5, 0.6) is 5.75 Å². The van der Waals surface area contributed by atoms with E-state index in [4.69, 9.17) is 4.74 Å². The van der Waals surface area contributed by atoms with Gasteiger partial charge in [-0.15, -0.1) is 0 Å². The fourth-order valence-electron chi connectivity index (χ4n) is 2.65. The van der Waals surface area contributed by atoms with Crippen molar-refractivity contribution in [3.8, 4) is 5.75 Å². The van der Waals surface area contributed by atoms with Gasteiger partial charge in [-0.05, 0) is 19.1 Å². The molecule has 1 aliphatic rings. The fraction of sp³-hybridized carbons (Fsp3) is 0.333. The largest absolute Gasteiger partial charge is 0.487 e. The molecule has 1 aromatic heterocycles. The van der Waals surface area contributed by atoms with Crippen molar-refractivity contribution in [2.45, 2.75) is 19.9 Å². The minimum atomic E-state index is -0.536. The van der Waals surface area contributed by atoms with Gasteiger partial charge in [0.15, 0.2) is 5.75 Å². The maximum absolute atomic E-state index is 12.6. The summed E-state index contributed by atoms with van der Waals surface area (Å²) in [6, 6.07) is 4.31. The Morgan fingerprint density at radius 1 is 1.52 bits per heavy atom. The molecule has 0 radical (unpaired) electrons. The number of aromatic nitrogens is 2. The summed E-state index contributed by atoms with van der Waals surface area (Å²) in [5.41, 5.74) is 2.10. The van der Waals surface area contributed by atoms with Gasteiger partial charge in [-0.2, -0.15) is 5.10 Å². The molecule has 0 fully saturated rings. The summed E-state index contributed by atoms with van der Waals surface area (Å²) in [7, 11) is 0. The van der Waals surface area contributed by atoms with Crippen molar-refractivity contribution >= 4 is 11.6 Å². The number of fused-ring (bicyclic) bond motifs is 1. The summed E-state index contributed by atoms with van der Waals surface area (Å²) >= 11 is 0. The molecule has 0 unspecified atom stereocenters. The van der Waals surface area contributed by atoms with Gasteiger partial charge in [-0.1, -0.05) is 0 Å². The lowest BCUT2D eigenvalue weighted by molar-refractivity contribution is -0.385. The van der Waals surface area contributed by atoms with E-state index in [0.29, 0.717) is 26.1 Å². The van der Waals surface area contributed by atoms with E-state index in [2.05, 4.69) is 10.2 Å². The summed E-state index contributed by atoms with van der Waals surface area (Å²) in [4.78, 5) is 24.9. The van der Waals surface area contributed by atoms with E-state index in [0.717, 1.165) is 11.3 Å². The number of H-pyrrole nitrogens is 1. The first-order chi connectivity index (χ1) is 11.1. The molecule has 1 aliphatic heterocycles. The van der Waals surface area contributed by atoms with E-state index in [-0.39, 0.29) is 22.9 Å². The van der Waals surface area contributed by atoms with Crippen molar-refractivity contribution in [1.29, 1.82) is 0 Å². The van der Waals surface area contributed by atoms with Crippen LogP contribution in [0.4, 0.5) is 5.69 Å². The van der Waals surface area contributed by atoms with Crippen molar-refractivity contribution in [3.63, 3.8) is 0 Å². The molecule has 120 valence electrons. The van der Waals surface area contributed by atoms with Crippen molar-refractivity contribution in [2.75, 3.05) is 13.2 Å². The predicted octanol–water partition coefficient (Wildman–Crippen LogP) is 1.92. The maximum Gasteiger partial charge on any atom is 0.311 e. The summed E-state index contributed by atoms with van der Waals surface area (Å²) in [6.07, 6.45) is 2.40. The molecule has 2 aromatic rings. The number of amides is 1. The van der Waals surface area contributed by atoms with E-state index in [1.165, 1.54) is 12.1 Å². The molecule has 0 aliphatic carbocycles. The van der Waals surface area contributed by atoms with Gasteiger partial charge < -0.3 is 9.64 Å². The Kier molecular flexibility index (Phi) is 3.96. The van der Waals surface area contributed by atoms with Crippen LogP contribution in [0.1, 0.15) is 28.5 Å². The van der Waals surface area contributed by atoms with E-state index in [9.17, 15) is 14.9 Å². The lowest BCUT2D eigenvalue weighted by Crippen LogP contribution is -2.35. The maximum atomic E-state index is 12.6. The topological polar surface area (TPSA) is 101 Å². The van der Waals surface area contributed by atoms with Crippen LogP contribution in [0, 0.1) is 10.1 Å². The normalized spacial score (nSPS) is 13.5. The molecule has 8 nitrogen and oxygen atoms in total. The van der Waals surface area contributed by atoms with Crippen LogP contribution in [-0.4, -0.2) is 39.1 Å². The Morgan fingerprint density at radius 3 is 3.09 bits per heavy atom. The van der Waals surface area contributed by atoms with Gasteiger partial charge in [0.2, 0.25) is 0 Å². The van der Waals surface area contributed by atoms with Crippen LogP contribution in [0.25, 0.3) is 0 Å². The predicted molar refractivity (Wildman–Crippen MR) is 81.3 cm³/mol. The number of hydrogen-bond donors (Lipinski definition) is 1. The lowest BCUT2D eigenvalue weighted by atomic mass is 10.1. The number of carbonyl (C=O) groups excluding carboxylic acids is 1. The highest BCUT2D eigenvalue weighted by molar-refractivity contribution is 5.95. The standard InChI is InChI=1S/C15H16N4O4/c1-2-23-14-4-3-10(7-13(14)19(21)22)15(20)18-6-5-12-11(9-18)8-16-17-12/h3-4,7-8H,2,5-6,9H2,1H3,(H,16,17). The smallest absolute Gasteiger partial charge is 0.311 e. The number of hydrogen-bond acceptors (Lipinski definition) is 5. The third kappa shape index (κ3) is 2.87. The lowest BCUT2D eigenvalue weighted by Gasteiger charge is -2.26. The third-order valence-electron chi connectivity index (χ3n) is 3.79. The average Bonchev–Trinajstić information content (AvgIpc) is 3.02. The SMILES string of the molecule is CCOc1ccc(C(=O)N2CCc3[nH]ncc3C2)cc1[N+](=O)[O-]. The number of nitro groups is 1. The number of benzene rings is 1. The summed E-state index contributed by atoms with van der Waals surface area (Å²) in [6.45, 7) is 3.07. The molecule has 0 bridgehead atoms. The van der Waals surface area contributed by atoms with Crippen molar-refractivity contribution in [1.82, 2.24) is 15.1 Å². The molecule has 1 amide bonds.